The molecule has 3 rings (SSSR count). The van der Waals surface area contributed by atoms with Gasteiger partial charge >= 0.3 is 0 Å². The van der Waals surface area contributed by atoms with Gasteiger partial charge in [-0.3, -0.25) is 4.79 Å². The van der Waals surface area contributed by atoms with E-state index in [-0.39, 0.29) is 18.3 Å². The first-order valence-electron chi connectivity index (χ1n) is 8.40. The maximum atomic E-state index is 12.4. The molecule has 1 aromatic carbocycles. The summed E-state index contributed by atoms with van der Waals surface area (Å²) in [6.07, 6.45) is 2.65. The second kappa shape index (κ2) is 9.55. The lowest BCUT2D eigenvalue weighted by atomic mass is 10.1. The number of piperidine rings is 1. The molecule has 26 heavy (non-hydrogen) atoms. The number of nitrogens with one attached hydrogen (secondary N) is 2. The minimum atomic E-state index is -0.203. The lowest BCUT2D eigenvalue weighted by Gasteiger charge is -2.23. The van der Waals surface area contributed by atoms with Crippen LogP contribution in [-0.4, -0.2) is 40.5 Å². The molecule has 0 saturated carbocycles. The van der Waals surface area contributed by atoms with Gasteiger partial charge in [-0.15, -0.1) is 17.5 Å². The van der Waals surface area contributed by atoms with Crippen LogP contribution in [0.4, 0.5) is 0 Å². The van der Waals surface area contributed by atoms with Crippen LogP contribution in [0.1, 0.15) is 40.6 Å². The third kappa shape index (κ3) is 5.10. The Hall–Kier alpha value is -1.34. The lowest BCUT2D eigenvalue weighted by Crippen LogP contribution is -2.30. The average Bonchev–Trinajstić information content (AvgIpc) is 2.96. The highest BCUT2D eigenvalue weighted by Gasteiger charge is 2.22. The predicted octanol–water partition coefficient (Wildman–Crippen LogP) is 3.21. The highest BCUT2D eigenvalue weighted by atomic mass is 35.5. The van der Waals surface area contributed by atoms with Gasteiger partial charge in [-0.2, -0.15) is 0 Å². The van der Waals surface area contributed by atoms with Crippen molar-refractivity contribution in [3.05, 3.63) is 45.2 Å². The molecule has 142 valence electrons. The molecule has 2 heterocycles. The number of halogens is 3. The summed E-state index contributed by atoms with van der Waals surface area (Å²) in [7, 11) is 0. The maximum absolute atomic E-state index is 12.4. The van der Waals surface area contributed by atoms with E-state index in [1.807, 2.05) is 23.7 Å². The first-order valence-corrected chi connectivity index (χ1v) is 9.16. The van der Waals surface area contributed by atoms with Crippen LogP contribution in [0.25, 0.3) is 0 Å². The van der Waals surface area contributed by atoms with E-state index in [9.17, 15) is 4.79 Å². The molecule has 2 N–H and O–H groups in total. The molecule has 1 saturated heterocycles. The van der Waals surface area contributed by atoms with E-state index < -0.39 is 0 Å². The van der Waals surface area contributed by atoms with Crippen LogP contribution < -0.4 is 10.6 Å². The van der Waals surface area contributed by atoms with Crippen molar-refractivity contribution >= 4 is 41.5 Å². The summed E-state index contributed by atoms with van der Waals surface area (Å²) in [6, 6.07) is 5.69. The molecule has 0 spiro atoms. The van der Waals surface area contributed by atoms with Crippen molar-refractivity contribution in [1.82, 2.24) is 25.6 Å². The Labute approximate surface area is 169 Å². The average molecular weight is 419 g/mol. The molecule has 6 nitrogen and oxygen atoms in total. The molecule has 0 unspecified atom stereocenters. The van der Waals surface area contributed by atoms with Crippen molar-refractivity contribution < 1.29 is 4.79 Å². The molecule has 1 aliphatic rings. The number of carbonyl (C=O) groups excluding carboxylic acids is 1. The summed E-state index contributed by atoms with van der Waals surface area (Å²) in [5.74, 6) is -0.203. The van der Waals surface area contributed by atoms with Gasteiger partial charge in [0.1, 0.15) is 0 Å². The molecular weight excluding hydrogens is 397 g/mol. The number of nitrogens with zero attached hydrogens (tertiary/aromatic N) is 3. The molecule has 1 aromatic heterocycles. The Kier molecular flexibility index (Phi) is 7.70. The summed E-state index contributed by atoms with van der Waals surface area (Å²) in [6.45, 7) is 4.31. The molecule has 1 amide bonds. The smallest absolute Gasteiger partial charge is 0.273 e. The van der Waals surface area contributed by atoms with E-state index in [4.69, 9.17) is 23.2 Å². The van der Waals surface area contributed by atoms with E-state index in [0.29, 0.717) is 34.7 Å². The predicted molar refractivity (Wildman–Crippen MR) is 106 cm³/mol. The second-order valence-electron chi connectivity index (χ2n) is 6.23. The minimum absolute atomic E-state index is 0. The van der Waals surface area contributed by atoms with E-state index in [1.54, 1.807) is 6.07 Å². The monoisotopic (exact) mass is 417 g/mol. The van der Waals surface area contributed by atoms with Gasteiger partial charge in [0.15, 0.2) is 5.69 Å². The summed E-state index contributed by atoms with van der Waals surface area (Å²) >= 11 is 12.0. The van der Waals surface area contributed by atoms with Gasteiger partial charge in [0.05, 0.1) is 11.7 Å². The van der Waals surface area contributed by atoms with Crippen molar-refractivity contribution in [3.63, 3.8) is 0 Å². The van der Waals surface area contributed by atoms with Crippen LogP contribution >= 0.6 is 35.6 Å². The Balaban J connectivity index is 0.00000243. The number of rotatable bonds is 5. The fraction of sp³-hybridized carbons (Fsp3) is 0.471. The van der Waals surface area contributed by atoms with E-state index in [1.165, 1.54) is 0 Å². The Morgan fingerprint density at radius 2 is 1.92 bits per heavy atom. The van der Waals surface area contributed by atoms with E-state index >= 15 is 0 Å². The van der Waals surface area contributed by atoms with Crippen molar-refractivity contribution in [2.75, 3.05) is 19.6 Å². The minimum Gasteiger partial charge on any atom is -0.350 e. The fourth-order valence-electron chi connectivity index (χ4n) is 3.11. The van der Waals surface area contributed by atoms with E-state index in [2.05, 4.69) is 20.9 Å². The molecule has 1 aliphatic heterocycles. The van der Waals surface area contributed by atoms with Crippen molar-refractivity contribution in [3.8, 4) is 0 Å². The second-order valence-corrected chi connectivity index (χ2v) is 7.11. The van der Waals surface area contributed by atoms with Gasteiger partial charge in [0.2, 0.25) is 0 Å². The molecule has 9 heteroatoms. The maximum Gasteiger partial charge on any atom is 0.273 e. The van der Waals surface area contributed by atoms with Crippen molar-refractivity contribution in [2.24, 2.45) is 0 Å². The van der Waals surface area contributed by atoms with Crippen molar-refractivity contribution in [1.29, 1.82) is 0 Å². The van der Waals surface area contributed by atoms with Crippen molar-refractivity contribution in [2.45, 2.75) is 32.2 Å². The number of hydrogen-bond donors (Lipinski definition) is 2. The fourth-order valence-corrected chi connectivity index (χ4v) is 3.68. The lowest BCUT2D eigenvalue weighted by molar-refractivity contribution is 0.0948. The Morgan fingerprint density at radius 1 is 1.27 bits per heavy atom. The summed E-state index contributed by atoms with van der Waals surface area (Å²) < 4.78 is 1.88. The topological polar surface area (TPSA) is 71.8 Å². The number of benzene rings is 1. The van der Waals surface area contributed by atoms with Gasteiger partial charge in [0, 0.05) is 16.6 Å². The van der Waals surface area contributed by atoms with E-state index in [0.717, 1.165) is 37.2 Å². The SMILES string of the molecule is Cc1c(C(=O)NCCc2cc(Cl)cc(Cl)c2)nnn1C1CCNCC1.Cl. The van der Waals surface area contributed by atoms with Gasteiger partial charge in [-0.1, -0.05) is 28.4 Å². The molecule has 2 aromatic rings. The summed E-state index contributed by atoms with van der Waals surface area (Å²) in [4.78, 5) is 12.4. The van der Waals surface area contributed by atoms with Crippen LogP contribution in [0.15, 0.2) is 18.2 Å². The zero-order chi connectivity index (χ0) is 17.8. The third-order valence-electron chi connectivity index (χ3n) is 4.42. The Bertz CT molecular complexity index is 739. The van der Waals surface area contributed by atoms with Crippen LogP contribution in [0, 0.1) is 6.92 Å². The standard InChI is InChI=1S/C17H21Cl2N5O.ClH/c1-11-16(22-23-24(11)15-3-5-20-6-4-15)17(25)21-7-2-12-8-13(18)10-14(19)9-12;/h8-10,15,20H,2-7H2,1H3,(H,21,25);1H. The number of aromatic nitrogens is 3. The molecule has 0 radical (unpaired) electrons. The first kappa shape index (κ1) is 21.0. The summed E-state index contributed by atoms with van der Waals surface area (Å²) in [5, 5.41) is 15.7. The largest absolute Gasteiger partial charge is 0.350 e. The highest BCUT2D eigenvalue weighted by molar-refractivity contribution is 6.34. The van der Waals surface area contributed by atoms with Crippen LogP contribution in [-0.2, 0) is 6.42 Å². The zero-order valence-electron chi connectivity index (χ0n) is 14.5. The Morgan fingerprint density at radius 3 is 2.58 bits per heavy atom. The normalized spacial score (nSPS) is 14.7. The first-order chi connectivity index (χ1) is 12.0. The van der Waals surface area contributed by atoms with Gasteiger partial charge < -0.3 is 10.6 Å². The van der Waals surface area contributed by atoms with Gasteiger partial charge in [-0.25, -0.2) is 4.68 Å². The highest BCUT2D eigenvalue weighted by Crippen LogP contribution is 2.21. The number of amides is 1. The van der Waals surface area contributed by atoms with Crippen LogP contribution in [0.5, 0.6) is 0 Å². The quantitative estimate of drug-likeness (QED) is 0.782. The molecular formula is C17H22Cl3N5O. The molecule has 0 atom stereocenters. The summed E-state index contributed by atoms with van der Waals surface area (Å²) in [5.41, 5.74) is 2.19. The molecule has 0 aliphatic carbocycles. The van der Waals surface area contributed by atoms with Crippen LogP contribution in [0.3, 0.4) is 0 Å². The van der Waals surface area contributed by atoms with Crippen LogP contribution in [0.2, 0.25) is 10.0 Å². The molecule has 0 bridgehead atoms. The third-order valence-corrected chi connectivity index (χ3v) is 4.86. The van der Waals surface area contributed by atoms with Gasteiger partial charge in [-0.05, 0) is 63.0 Å². The number of hydrogen-bond acceptors (Lipinski definition) is 4. The number of carbonyl (C=O) groups is 1. The van der Waals surface area contributed by atoms with Gasteiger partial charge in [0.25, 0.3) is 5.91 Å². The zero-order valence-corrected chi connectivity index (χ0v) is 16.8. The molecule has 1 fully saturated rings.